The highest BCUT2D eigenvalue weighted by Gasteiger charge is 2.12. The number of hydrogen-bond donors (Lipinski definition) is 2. The van der Waals surface area contributed by atoms with E-state index in [1.807, 2.05) is 25.9 Å². The lowest BCUT2D eigenvalue weighted by atomic mass is 10.1. The van der Waals surface area contributed by atoms with E-state index in [4.69, 9.17) is 0 Å². The van der Waals surface area contributed by atoms with Crippen LogP contribution in [0, 0.1) is 11.6 Å². The molecule has 0 aliphatic carbocycles. The van der Waals surface area contributed by atoms with Crippen LogP contribution in [-0.4, -0.2) is 43.2 Å². The minimum Gasteiger partial charge on any atom is -0.387 e. The molecule has 2 atom stereocenters. The lowest BCUT2D eigenvalue weighted by Gasteiger charge is -2.20. The third-order valence-electron chi connectivity index (χ3n) is 2.63. The predicted molar refractivity (Wildman–Crippen MR) is 67.3 cm³/mol. The molecule has 2 N–H and O–H groups in total. The average molecular weight is 258 g/mol. The molecule has 0 aromatic heterocycles. The number of nitrogens with one attached hydrogen (secondary N) is 1. The Bertz CT molecular complexity index is 385. The molecule has 0 saturated heterocycles. The van der Waals surface area contributed by atoms with Gasteiger partial charge in [-0.1, -0.05) is 6.07 Å². The van der Waals surface area contributed by atoms with Gasteiger partial charge >= 0.3 is 0 Å². The van der Waals surface area contributed by atoms with Crippen LogP contribution in [0.4, 0.5) is 8.78 Å². The van der Waals surface area contributed by atoms with Crippen molar-refractivity contribution in [3.8, 4) is 0 Å². The van der Waals surface area contributed by atoms with E-state index in [-0.39, 0.29) is 6.04 Å². The Labute approximate surface area is 106 Å². The topological polar surface area (TPSA) is 35.5 Å². The fourth-order valence-electron chi connectivity index (χ4n) is 1.76. The van der Waals surface area contributed by atoms with Gasteiger partial charge in [-0.3, -0.25) is 0 Å². The summed E-state index contributed by atoms with van der Waals surface area (Å²) in [6, 6.07) is 3.65. The lowest BCUT2D eigenvalue weighted by Crippen LogP contribution is -2.37. The molecular weight excluding hydrogens is 238 g/mol. The molecule has 3 nitrogen and oxygen atoms in total. The molecule has 18 heavy (non-hydrogen) atoms. The van der Waals surface area contributed by atoms with Gasteiger partial charge in [-0.2, -0.15) is 0 Å². The Morgan fingerprint density at radius 1 is 1.28 bits per heavy atom. The second kappa shape index (κ2) is 6.78. The summed E-state index contributed by atoms with van der Waals surface area (Å²) in [5.74, 6) is -1.84. The van der Waals surface area contributed by atoms with Crippen LogP contribution in [0.15, 0.2) is 18.2 Å². The fraction of sp³-hybridized carbons (Fsp3) is 0.538. The molecule has 0 saturated carbocycles. The molecule has 0 fully saturated rings. The minimum absolute atomic E-state index is 0.208. The largest absolute Gasteiger partial charge is 0.387 e. The van der Waals surface area contributed by atoms with E-state index in [0.29, 0.717) is 12.1 Å². The first-order valence-electron chi connectivity index (χ1n) is 5.91. The molecule has 0 bridgehead atoms. The molecule has 5 heteroatoms. The number of hydrogen-bond acceptors (Lipinski definition) is 3. The molecule has 102 valence electrons. The van der Waals surface area contributed by atoms with Crippen molar-refractivity contribution in [2.24, 2.45) is 0 Å². The third kappa shape index (κ3) is 4.68. The van der Waals surface area contributed by atoms with Crippen LogP contribution in [0.2, 0.25) is 0 Å². The van der Waals surface area contributed by atoms with Crippen molar-refractivity contribution in [2.45, 2.75) is 19.1 Å². The maximum Gasteiger partial charge on any atom is 0.159 e. The quantitative estimate of drug-likeness (QED) is 0.812. The van der Waals surface area contributed by atoms with Crippen molar-refractivity contribution in [3.05, 3.63) is 35.4 Å². The number of halogens is 2. The predicted octanol–water partition coefficient (Wildman–Crippen LogP) is 1.54. The maximum absolute atomic E-state index is 13.0. The van der Waals surface area contributed by atoms with Crippen LogP contribution >= 0.6 is 0 Å². The molecular formula is C13H20F2N2O. The SMILES string of the molecule is CC(CN(C)C)NCC(O)c1ccc(F)c(F)c1. The second-order valence-corrected chi connectivity index (χ2v) is 4.76. The molecule has 0 aliphatic heterocycles. The Morgan fingerprint density at radius 3 is 2.50 bits per heavy atom. The Morgan fingerprint density at radius 2 is 1.94 bits per heavy atom. The number of rotatable bonds is 6. The summed E-state index contributed by atoms with van der Waals surface area (Å²) >= 11 is 0. The Balaban J connectivity index is 2.49. The standard InChI is InChI=1S/C13H20F2N2O/c1-9(8-17(2)3)16-7-13(18)10-4-5-11(14)12(15)6-10/h4-6,9,13,16,18H,7-8H2,1-3H3. The second-order valence-electron chi connectivity index (χ2n) is 4.76. The number of aliphatic hydroxyl groups is 1. The van der Waals surface area contributed by atoms with Crippen molar-refractivity contribution in [2.75, 3.05) is 27.2 Å². The van der Waals surface area contributed by atoms with Crippen molar-refractivity contribution in [3.63, 3.8) is 0 Å². The zero-order chi connectivity index (χ0) is 13.7. The monoisotopic (exact) mass is 258 g/mol. The van der Waals surface area contributed by atoms with Crippen LogP contribution in [0.25, 0.3) is 0 Å². The fourth-order valence-corrected chi connectivity index (χ4v) is 1.76. The van der Waals surface area contributed by atoms with Gasteiger partial charge in [0.2, 0.25) is 0 Å². The molecule has 1 aromatic carbocycles. The first-order chi connectivity index (χ1) is 8.40. The van der Waals surface area contributed by atoms with Gasteiger partial charge in [0.15, 0.2) is 11.6 Å². The van der Waals surface area contributed by atoms with E-state index < -0.39 is 17.7 Å². The molecule has 0 spiro atoms. The highest BCUT2D eigenvalue weighted by Crippen LogP contribution is 2.15. The Hall–Kier alpha value is -1.04. The first-order valence-corrected chi connectivity index (χ1v) is 5.91. The zero-order valence-electron chi connectivity index (χ0n) is 11.0. The van der Waals surface area contributed by atoms with E-state index >= 15 is 0 Å². The van der Waals surface area contributed by atoms with E-state index in [1.54, 1.807) is 0 Å². The van der Waals surface area contributed by atoms with Crippen LogP contribution < -0.4 is 5.32 Å². The summed E-state index contributed by atoms with van der Waals surface area (Å²) in [5.41, 5.74) is 0.374. The Kier molecular flexibility index (Phi) is 5.65. The number of likely N-dealkylation sites (N-methyl/N-ethyl adjacent to an activating group) is 1. The third-order valence-corrected chi connectivity index (χ3v) is 2.63. The van der Waals surface area contributed by atoms with Gasteiger partial charge in [-0.25, -0.2) is 8.78 Å². The molecule has 1 aromatic rings. The van der Waals surface area contributed by atoms with Crippen LogP contribution in [0.3, 0.4) is 0 Å². The summed E-state index contributed by atoms with van der Waals surface area (Å²) in [4.78, 5) is 2.03. The molecule has 0 amide bonds. The number of benzene rings is 1. The van der Waals surface area contributed by atoms with Crippen LogP contribution in [0.5, 0.6) is 0 Å². The summed E-state index contributed by atoms with van der Waals surface area (Å²) in [5, 5.41) is 13.0. The van der Waals surface area contributed by atoms with Gasteiger partial charge in [0.05, 0.1) is 6.10 Å². The van der Waals surface area contributed by atoms with Gasteiger partial charge in [0.1, 0.15) is 0 Å². The summed E-state index contributed by atoms with van der Waals surface area (Å²) < 4.78 is 25.7. The van der Waals surface area contributed by atoms with E-state index in [0.717, 1.165) is 18.7 Å². The average Bonchev–Trinajstić information content (AvgIpc) is 2.28. The molecule has 0 heterocycles. The van der Waals surface area contributed by atoms with Crippen molar-refractivity contribution >= 4 is 0 Å². The van der Waals surface area contributed by atoms with Crippen molar-refractivity contribution < 1.29 is 13.9 Å². The zero-order valence-corrected chi connectivity index (χ0v) is 11.0. The van der Waals surface area contributed by atoms with E-state index in [1.165, 1.54) is 6.07 Å². The van der Waals surface area contributed by atoms with E-state index in [9.17, 15) is 13.9 Å². The highest BCUT2D eigenvalue weighted by atomic mass is 19.2. The van der Waals surface area contributed by atoms with E-state index in [2.05, 4.69) is 5.32 Å². The van der Waals surface area contributed by atoms with Gasteiger partial charge in [0, 0.05) is 19.1 Å². The van der Waals surface area contributed by atoms with Gasteiger partial charge in [-0.15, -0.1) is 0 Å². The minimum atomic E-state index is -0.937. The van der Waals surface area contributed by atoms with Crippen LogP contribution in [-0.2, 0) is 0 Å². The lowest BCUT2D eigenvalue weighted by molar-refractivity contribution is 0.167. The van der Waals surface area contributed by atoms with Gasteiger partial charge in [0.25, 0.3) is 0 Å². The molecule has 0 radical (unpaired) electrons. The van der Waals surface area contributed by atoms with Crippen molar-refractivity contribution in [1.29, 1.82) is 0 Å². The van der Waals surface area contributed by atoms with Crippen LogP contribution in [0.1, 0.15) is 18.6 Å². The molecule has 2 unspecified atom stereocenters. The maximum atomic E-state index is 13.0. The molecule has 0 aliphatic rings. The van der Waals surface area contributed by atoms with Gasteiger partial charge < -0.3 is 15.3 Å². The summed E-state index contributed by atoms with van der Waals surface area (Å²) in [7, 11) is 3.92. The van der Waals surface area contributed by atoms with Gasteiger partial charge in [-0.05, 0) is 38.7 Å². The number of nitrogens with zero attached hydrogens (tertiary/aromatic N) is 1. The highest BCUT2D eigenvalue weighted by molar-refractivity contribution is 5.20. The molecule has 1 rings (SSSR count). The summed E-state index contributed by atoms with van der Waals surface area (Å²) in [6.45, 7) is 3.14. The normalized spacial score (nSPS) is 14.8. The number of aliphatic hydroxyl groups excluding tert-OH is 1. The summed E-state index contributed by atoms with van der Waals surface area (Å²) in [6.07, 6.45) is -0.843. The smallest absolute Gasteiger partial charge is 0.159 e. The first kappa shape index (κ1) is 15.0. The van der Waals surface area contributed by atoms with Crippen molar-refractivity contribution in [1.82, 2.24) is 10.2 Å².